The summed E-state index contributed by atoms with van der Waals surface area (Å²) in [6, 6.07) is 16.0. The molecule has 0 unspecified atom stereocenters. The van der Waals surface area contributed by atoms with Crippen LogP contribution in [0.5, 0.6) is 5.75 Å². The molecule has 2 aromatic carbocycles. The van der Waals surface area contributed by atoms with Gasteiger partial charge in [-0.1, -0.05) is 50.2 Å². The maximum absolute atomic E-state index is 12.7. The number of rotatable bonds is 8. The predicted molar refractivity (Wildman–Crippen MR) is 127 cm³/mol. The second-order valence-electron chi connectivity index (χ2n) is 8.49. The van der Waals surface area contributed by atoms with Crippen LogP contribution in [0.25, 0.3) is 22.6 Å². The lowest BCUT2D eigenvalue weighted by molar-refractivity contribution is 0.261. The average molecular weight is 432 g/mol. The van der Waals surface area contributed by atoms with Crippen LogP contribution in [0.1, 0.15) is 30.9 Å². The van der Waals surface area contributed by atoms with Gasteiger partial charge in [0.2, 0.25) is 0 Å². The van der Waals surface area contributed by atoms with E-state index in [1.807, 2.05) is 56.6 Å². The van der Waals surface area contributed by atoms with Gasteiger partial charge in [-0.2, -0.15) is 0 Å². The minimum Gasteiger partial charge on any atom is -0.492 e. The van der Waals surface area contributed by atoms with Gasteiger partial charge in [-0.05, 0) is 43.3 Å². The molecule has 0 spiro atoms. The van der Waals surface area contributed by atoms with Crippen molar-refractivity contribution in [2.75, 3.05) is 27.2 Å². The van der Waals surface area contributed by atoms with Crippen LogP contribution in [-0.4, -0.2) is 51.7 Å². The molecule has 0 aliphatic rings. The van der Waals surface area contributed by atoms with Crippen molar-refractivity contribution in [3.05, 3.63) is 76.3 Å². The highest BCUT2D eigenvalue weighted by Gasteiger charge is 2.15. The highest BCUT2D eigenvalue weighted by Crippen LogP contribution is 2.27. The van der Waals surface area contributed by atoms with Gasteiger partial charge >= 0.3 is 5.69 Å². The Bertz CT molecular complexity index is 1270. The van der Waals surface area contributed by atoms with Gasteiger partial charge in [0.1, 0.15) is 17.9 Å². The van der Waals surface area contributed by atoms with Crippen molar-refractivity contribution in [2.45, 2.75) is 26.3 Å². The summed E-state index contributed by atoms with van der Waals surface area (Å²) in [6.07, 6.45) is 1.69. The molecule has 7 heteroatoms. The van der Waals surface area contributed by atoms with Crippen LogP contribution in [0, 0.1) is 0 Å². The van der Waals surface area contributed by atoms with Crippen LogP contribution in [0.4, 0.5) is 0 Å². The number of hydrogen-bond donors (Lipinski definition) is 1. The number of nitrogens with one attached hydrogen (secondary N) is 1. The number of H-pyrrole nitrogens is 1. The standard InChI is InChI=1S/C25H29N5O2/c1-17(2)20-10-5-6-11-21(20)23-26-15-22-24(28-23)30(25(31)27-22)16-18-8-7-9-19(14-18)32-13-12-29(3)4/h5-11,14-15,17H,12-13,16H2,1-4H3,(H,27,31). The summed E-state index contributed by atoms with van der Waals surface area (Å²) in [4.78, 5) is 27.0. The van der Waals surface area contributed by atoms with E-state index in [2.05, 4.69) is 34.8 Å². The van der Waals surface area contributed by atoms with Crippen molar-refractivity contribution >= 4 is 11.2 Å². The fraction of sp³-hybridized carbons (Fsp3) is 0.320. The van der Waals surface area contributed by atoms with E-state index >= 15 is 0 Å². The Balaban J connectivity index is 1.67. The summed E-state index contributed by atoms with van der Waals surface area (Å²) in [7, 11) is 4.03. The maximum atomic E-state index is 12.7. The third kappa shape index (κ3) is 4.73. The third-order valence-corrected chi connectivity index (χ3v) is 5.38. The van der Waals surface area contributed by atoms with E-state index in [9.17, 15) is 4.79 Å². The Kier molecular flexibility index (Phi) is 6.37. The lowest BCUT2D eigenvalue weighted by Gasteiger charge is -2.12. The molecule has 0 aliphatic heterocycles. The summed E-state index contributed by atoms with van der Waals surface area (Å²) in [6.45, 7) is 6.14. The van der Waals surface area contributed by atoms with Crippen molar-refractivity contribution in [3.8, 4) is 17.1 Å². The average Bonchev–Trinajstić information content (AvgIpc) is 3.08. The summed E-state index contributed by atoms with van der Waals surface area (Å²) >= 11 is 0. The molecule has 2 heterocycles. The van der Waals surface area contributed by atoms with Crippen LogP contribution < -0.4 is 10.4 Å². The molecule has 2 aromatic heterocycles. The highest BCUT2D eigenvalue weighted by atomic mass is 16.5. The molecule has 0 bridgehead atoms. The molecule has 4 aromatic rings. The number of aromatic amines is 1. The quantitative estimate of drug-likeness (QED) is 0.458. The molecule has 0 radical (unpaired) electrons. The molecule has 0 fully saturated rings. The number of likely N-dealkylation sites (N-methyl/N-ethyl adjacent to an activating group) is 1. The first-order valence-electron chi connectivity index (χ1n) is 10.8. The van der Waals surface area contributed by atoms with E-state index in [4.69, 9.17) is 9.72 Å². The van der Waals surface area contributed by atoms with E-state index in [0.717, 1.165) is 23.4 Å². The monoisotopic (exact) mass is 431 g/mol. The van der Waals surface area contributed by atoms with Gasteiger partial charge in [-0.3, -0.25) is 4.57 Å². The molecule has 32 heavy (non-hydrogen) atoms. The Labute approximate surface area is 187 Å². The number of aromatic nitrogens is 4. The summed E-state index contributed by atoms with van der Waals surface area (Å²) in [5.74, 6) is 1.75. The van der Waals surface area contributed by atoms with Crippen LogP contribution in [-0.2, 0) is 6.54 Å². The Morgan fingerprint density at radius 1 is 1.12 bits per heavy atom. The van der Waals surface area contributed by atoms with E-state index in [-0.39, 0.29) is 5.69 Å². The third-order valence-electron chi connectivity index (χ3n) is 5.38. The van der Waals surface area contributed by atoms with Gasteiger partial charge in [0.15, 0.2) is 11.5 Å². The zero-order valence-electron chi connectivity index (χ0n) is 19.0. The normalized spacial score (nSPS) is 11.6. The first kappa shape index (κ1) is 21.8. The van der Waals surface area contributed by atoms with Crippen LogP contribution in [0.3, 0.4) is 0 Å². The lowest BCUT2D eigenvalue weighted by Crippen LogP contribution is -2.19. The Hall–Kier alpha value is -3.45. The zero-order valence-corrected chi connectivity index (χ0v) is 19.0. The highest BCUT2D eigenvalue weighted by molar-refractivity contribution is 5.73. The van der Waals surface area contributed by atoms with Crippen molar-refractivity contribution in [2.24, 2.45) is 0 Å². The number of nitrogens with zero attached hydrogens (tertiary/aromatic N) is 4. The molecule has 0 saturated carbocycles. The number of fused-ring (bicyclic) bond motifs is 1. The largest absolute Gasteiger partial charge is 0.492 e. The topological polar surface area (TPSA) is 76.0 Å². The van der Waals surface area contributed by atoms with E-state index in [0.29, 0.717) is 36.1 Å². The SMILES string of the molecule is CC(C)c1ccccc1-c1ncc2[nH]c(=O)n(Cc3cccc(OCCN(C)C)c3)c2n1. The number of hydrogen-bond acceptors (Lipinski definition) is 5. The molecule has 0 amide bonds. The van der Waals surface area contributed by atoms with E-state index in [1.54, 1.807) is 10.8 Å². The molecule has 4 rings (SSSR count). The summed E-state index contributed by atoms with van der Waals surface area (Å²) < 4.78 is 7.49. The first-order valence-corrected chi connectivity index (χ1v) is 10.8. The van der Waals surface area contributed by atoms with Crippen molar-refractivity contribution < 1.29 is 4.74 Å². The van der Waals surface area contributed by atoms with Crippen molar-refractivity contribution in [1.29, 1.82) is 0 Å². The van der Waals surface area contributed by atoms with Crippen molar-refractivity contribution in [1.82, 2.24) is 24.4 Å². The lowest BCUT2D eigenvalue weighted by atomic mass is 9.97. The van der Waals surface area contributed by atoms with Gasteiger partial charge < -0.3 is 14.6 Å². The maximum Gasteiger partial charge on any atom is 0.328 e. The minimum absolute atomic E-state index is 0.206. The molecule has 0 saturated heterocycles. The number of benzene rings is 2. The van der Waals surface area contributed by atoms with Gasteiger partial charge in [0.25, 0.3) is 0 Å². The zero-order chi connectivity index (χ0) is 22.7. The fourth-order valence-electron chi connectivity index (χ4n) is 3.69. The Morgan fingerprint density at radius 3 is 2.72 bits per heavy atom. The molecular weight excluding hydrogens is 402 g/mol. The molecule has 0 atom stereocenters. The van der Waals surface area contributed by atoms with Crippen LogP contribution in [0.15, 0.2) is 59.5 Å². The predicted octanol–water partition coefficient (Wildman–Crippen LogP) is 3.90. The molecular formula is C25H29N5O2. The van der Waals surface area contributed by atoms with Crippen LogP contribution in [0.2, 0.25) is 0 Å². The molecule has 0 aliphatic carbocycles. The van der Waals surface area contributed by atoms with Crippen molar-refractivity contribution in [3.63, 3.8) is 0 Å². The van der Waals surface area contributed by atoms with Gasteiger partial charge in [-0.25, -0.2) is 14.8 Å². The number of imidazole rings is 1. The van der Waals surface area contributed by atoms with E-state index in [1.165, 1.54) is 5.56 Å². The van der Waals surface area contributed by atoms with Crippen LogP contribution >= 0.6 is 0 Å². The summed E-state index contributed by atoms with van der Waals surface area (Å²) in [5.41, 5.74) is 4.15. The first-order chi connectivity index (χ1) is 15.4. The smallest absolute Gasteiger partial charge is 0.328 e. The summed E-state index contributed by atoms with van der Waals surface area (Å²) in [5, 5.41) is 0. The van der Waals surface area contributed by atoms with Gasteiger partial charge in [-0.15, -0.1) is 0 Å². The van der Waals surface area contributed by atoms with Gasteiger partial charge in [0.05, 0.1) is 12.7 Å². The fourth-order valence-corrected chi connectivity index (χ4v) is 3.69. The second kappa shape index (κ2) is 9.36. The molecule has 166 valence electrons. The molecule has 7 nitrogen and oxygen atoms in total. The number of ether oxygens (including phenoxy) is 1. The van der Waals surface area contributed by atoms with Gasteiger partial charge in [0, 0.05) is 12.1 Å². The molecule has 1 N–H and O–H groups in total. The second-order valence-corrected chi connectivity index (χ2v) is 8.49. The Morgan fingerprint density at radius 2 is 1.94 bits per heavy atom. The minimum atomic E-state index is -0.206. The van der Waals surface area contributed by atoms with E-state index < -0.39 is 0 Å².